The molecule has 2 N–H and O–H groups in total. The Bertz CT molecular complexity index is 1430. The molecule has 0 radical (unpaired) electrons. The fraction of sp³-hybridized carbons (Fsp3) is 0.290. The summed E-state index contributed by atoms with van der Waals surface area (Å²) < 4.78 is 12.2. The highest BCUT2D eigenvalue weighted by molar-refractivity contribution is 6.53. The molecule has 2 amide bonds. The molecule has 7 nitrogen and oxygen atoms in total. The molecule has 3 aromatic carbocycles. The van der Waals surface area contributed by atoms with E-state index in [1.165, 1.54) is 4.90 Å². The standard InChI is InChI=1S/C31H30BNO6/c1-18-13-20(14-19(2)29(18)34)26-16-24-27-25(30(35)33(31(27)36)22-9-5-3-6-10-22)15-21(28(24)32(37)39-26)17-38-23-11-7-4-8-12-23/h3-14,24-27,34,37H,15-17H2,1-2H3/t24-,25-,26-,27+/m0/s1. The van der Waals surface area contributed by atoms with Gasteiger partial charge in [0, 0.05) is 0 Å². The van der Waals surface area contributed by atoms with Gasteiger partial charge in [0.15, 0.2) is 0 Å². The van der Waals surface area contributed by atoms with E-state index < -0.39 is 31.0 Å². The number of hydrogen-bond acceptors (Lipinski definition) is 6. The van der Waals surface area contributed by atoms with E-state index in [9.17, 15) is 19.7 Å². The number of fused-ring (bicyclic) bond motifs is 3. The molecule has 3 aliphatic rings. The van der Waals surface area contributed by atoms with Crippen LogP contribution in [0.4, 0.5) is 5.69 Å². The van der Waals surface area contributed by atoms with Crippen molar-refractivity contribution in [1.82, 2.24) is 0 Å². The van der Waals surface area contributed by atoms with Crippen molar-refractivity contribution in [3.8, 4) is 11.5 Å². The smallest absolute Gasteiger partial charge is 0.487 e. The molecule has 0 spiro atoms. The van der Waals surface area contributed by atoms with Crippen molar-refractivity contribution in [3.05, 3.63) is 101 Å². The van der Waals surface area contributed by atoms with E-state index in [-0.39, 0.29) is 24.2 Å². The molecular formula is C31H30BNO6. The van der Waals surface area contributed by atoms with Gasteiger partial charge < -0.3 is 19.5 Å². The van der Waals surface area contributed by atoms with E-state index in [1.54, 1.807) is 12.1 Å². The van der Waals surface area contributed by atoms with E-state index in [4.69, 9.17) is 9.39 Å². The fourth-order valence-electron chi connectivity index (χ4n) is 6.45. The third kappa shape index (κ3) is 4.43. The molecule has 0 unspecified atom stereocenters. The molecule has 2 fully saturated rings. The van der Waals surface area contributed by atoms with E-state index in [0.717, 1.165) is 11.1 Å². The number of aryl methyl sites for hydroxylation is 2. The Labute approximate surface area is 227 Å². The van der Waals surface area contributed by atoms with Gasteiger partial charge in [0.2, 0.25) is 11.8 Å². The lowest BCUT2D eigenvalue weighted by atomic mass is 9.55. The summed E-state index contributed by atoms with van der Waals surface area (Å²) in [4.78, 5) is 28.9. The molecule has 8 heteroatoms. The monoisotopic (exact) mass is 523 g/mol. The number of anilines is 1. The van der Waals surface area contributed by atoms with Gasteiger partial charge in [-0.15, -0.1) is 0 Å². The number of allylic oxidation sites excluding steroid dienone is 1. The molecule has 4 atom stereocenters. The summed E-state index contributed by atoms with van der Waals surface area (Å²) in [6.45, 7) is 3.83. The Kier molecular flexibility index (Phi) is 6.53. The zero-order valence-corrected chi connectivity index (χ0v) is 21.9. The molecule has 0 saturated carbocycles. The number of ether oxygens (including phenoxy) is 1. The molecule has 0 aromatic heterocycles. The lowest BCUT2D eigenvalue weighted by Gasteiger charge is -2.42. The van der Waals surface area contributed by atoms with Crippen LogP contribution >= 0.6 is 0 Å². The van der Waals surface area contributed by atoms with Crippen LogP contribution in [-0.4, -0.2) is 35.7 Å². The third-order valence-corrected chi connectivity index (χ3v) is 8.27. The molecule has 39 heavy (non-hydrogen) atoms. The minimum atomic E-state index is -1.24. The first-order valence-corrected chi connectivity index (χ1v) is 13.3. The Morgan fingerprint density at radius 3 is 2.26 bits per heavy atom. The van der Waals surface area contributed by atoms with Gasteiger partial charge >= 0.3 is 7.12 Å². The predicted molar refractivity (Wildman–Crippen MR) is 147 cm³/mol. The molecule has 2 saturated heterocycles. The number of hydrogen-bond donors (Lipinski definition) is 2. The van der Waals surface area contributed by atoms with Crippen LogP contribution in [0.25, 0.3) is 0 Å². The first-order valence-electron chi connectivity index (χ1n) is 13.3. The third-order valence-electron chi connectivity index (χ3n) is 8.27. The van der Waals surface area contributed by atoms with Crippen molar-refractivity contribution in [1.29, 1.82) is 0 Å². The number of nitrogens with zero attached hydrogens (tertiary/aromatic N) is 1. The lowest BCUT2D eigenvalue weighted by Crippen LogP contribution is -2.45. The Morgan fingerprint density at radius 1 is 0.949 bits per heavy atom. The summed E-state index contributed by atoms with van der Waals surface area (Å²) in [6, 6.07) is 22.1. The van der Waals surface area contributed by atoms with Crippen LogP contribution in [0.1, 0.15) is 35.6 Å². The number of rotatable bonds is 5. The van der Waals surface area contributed by atoms with Crippen LogP contribution < -0.4 is 9.64 Å². The van der Waals surface area contributed by atoms with Gasteiger partial charge in [0.25, 0.3) is 0 Å². The van der Waals surface area contributed by atoms with E-state index in [2.05, 4.69) is 0 Å². The summed E-state index contributed by atoms with van der Waals surface area (Å²) in [5.74, 6) is -1.10. The molecule has 0 bridgehead atoms. The highest BCUT2D eigenvalue weighted by Crippen LogP contribution is 2.52. The number of imide groups is 1. The number of benzene rings is 3. The average molecular weight is 523 g/mol. The zero-order chi connectivity index (χ0) is 27.3. The van der Waals surface area contributed by atoms with Crippen LogP contribution in [0.2, 0.25) is 0 Å². The predicted octanol–water partition coefficient (Wildman–Crippen LogP) is 4.69. The second-order valence-electron chi connectivity index (χ2n) is 10.7. The topological polar surface area (TPSA) is 96.3 Å². The summed E-state index contributed by atoms with van der Waals surface area (Å²) >= 11 is 0. The number of carbonyl (C=O) groups is 2. The maximum Gasteiger partial charge on any atom is 0.487 e. The van der Waals surface area contributed by atoms with Crippen molar-refractivity contribution in [2.45, 2.75) is 32.8 Å². The zero-order valence-electron chi connectivity index (χ0n) is 21.9. The quantitative estimate of drug-likeness (QED) is 0.372. The van der Waals surface area contributed by atoms with Gasteiger partial charge in [-0.05, 0) is 96.7 Å². The first kappa shape index (κ1) is 25.4. The van der Waals surface area contributed by atoms with Crippen molar-refractivity contribution < 1.29 is 29.1 Å². The van der Waals surface area contributed by atoms with Crippen LogP contribution in [0, 0.1) is 31.6 Å². The van der Waals surface area contributed by atoms with Crippen molar-refractivity contribution >= 4 is 24.6 Å². The van der Waals surface area contributed by atoms with Gasteiger partial charge in [-0.2, -0.15) is 0 Å². The highest BCUT2D eigenvalue weighted by Gasteiger charge is 2.58. The number of para-hydroxylation sites is 2. The second-order valence-corrected chi connectivity index (χ2v) is 10.7. The maximum atomic E-state index is 13.9. The Balaban J connectivity index is 1.39. The summed E-state index contributed by atoms with van der Waals surface area (Å²) in [5.41, 5.74) is 4.24. The summed E-state index contributed by atoms with van der Waals surface area (Å²) in [6.07, 6.45) is 0.239. The molecule has 3 aromatic rings. The molecule has 6 rings (SSSR count). The van der Waals surface area contributed by atoms with Gasteiger partial charge in [-0.1, -0.05) is 36.4 Å². The second kappa shape index (κ2) is 10.0. The summed E-state index contributed by atoms with van der Waals surface area (Å²) in [5, 5.41) is 21.6. The van der Waals surface area contributed by atoms with Crippen LogP contribution in [-0.2, 0) is 14.2 Å². The molecule has 2 heterocycles. The van der Waals surface area contributed by atoms with E-state index >= 15 is 0 Å². The molecule has 1 aliphatic carbocycles. The fourth-order valence-corrected chi connectivity index (χ4v) is 6.45. The molecule has 198 valence electrons. The number of aromatic hydroxyl groups is 1. The molecule has 2 aliphatic heterocycles. The van der Waals surface area contributed by atoms with Gasteiger partial charge in [-0.25, -0.2) is 0 Å². The van der Waals surface area contributed by atoms with E-state index in [0.29, 0.717) is 40.9 Å². The first-order chi connectivity index (χ1) is 18.8. The van der Waals surface area contributed by atoms with Crippen molar-refractivity contribution in [2.75, 3.05) is 11.5 Å². The van der Waals surface area contributed by atoms with Gasteiger partial charge in [0.1, 0.15) is 18.1 Å². The Morgan fingerprint density at radius 2 is 1.59 bits per heavy atom. The minimum absolute atomic E-state index is 0.189. The van der Waals surface area contributed by atoms with E-state index in [1.807, 2.05) is 74.5 Å². The maximum absolute atomic E-state index is 13.9. The average Bonchev–Trinajstić information content (AvgIpc) is 3.20. The number of phenolic OH excluding ortho intramolecular Hbond substituents is 1. The van der Waals surface area contributed by atoms with Gasteiger partial charge in [-0.3, -0.25) is 14.5 Å². The minimum Gasteiger partial charge on any atom is -0.507 e. The largest absolute Gasteiger partial charge is 0.507 e. The summed E-state index contributed by atoms with van der Waals surface area (Å²) in [7, 11) is -1.24. The van der Waals surface area contributed by atoms with Gasteiger partial charge in [0.05, 0.1) is 23.6 Å². The van der Waals surface area contributed by atoms with Crippen LogP contribution in [0.3, 0.4) is 0 Å². The normalized spacial score (nSPS) is 24.6. The highest BCUT2D eigenvalue weighted by atomic mass is 16.5. The SMILES string of the molecule is Cc1cc([C@@H]2C[C@@H]3C(=C(COc4ccccc4)C[C@@H]4C(=O)N(c5ccccc5)C(=O)[C@@H]43)B(O)O2)cc(C)c1O. The number of phenols is 1. The number of carbonyl (C=O) groups excluding carboxylic acids is 2. The van der Waals surface area contributed by atoms with Crippen LogP contribution in [0.15, 0.2) is 83.8 Å². The molecular weight excluding hydrogens is 493 g/mol. The van der Waals surface area contributed by atoms with Crippen molar-refractivity contribution in [3.63, 3.8) is 0 Å². The van der Waals surface area contributed by atoms with Crippen molar-refractivity contribution in [2.24, 2.45) is 17.8 Å². The lowest BCUT2D eigenvalue weighted by molar-refractivity contribution is -0.123. The van der Waals surface area contributed by atoms with Crippen LogP contribution in [0.5, 0.6) is 11.5 Å². The number of amides is 2. The Hall–Kier alpha value is -3.88.